The Morgan fingerprint density at radius 3 is 3.19 bits per heavy atom. The van der Waals surface area contributed by atoms with Gasteiger partial charge < -0.3 is 19.7 Å². The molecule has 1 saturated heterocycles. The molecule has 1 aliphatic rings. The molecule has 1 unspecified atom stereocenters. The second-order valence-electron chi connectivity index (χ2n) is 3.78. The van der Waals surface area contributed by atoms with E-state index < -0.39 is 0 Å². The molecule has 0 spiro atoms. The summed E-state index contributed by atoms with van der Waals surface area (Å²) in [5.41, 5.74) is 0.197. The van der Waals surface area contributed by atoms with Crippen molar-refractivity contribution in [3.05, 3.63) is 17.5 Å². The maximum atomic E-state index is 11.6. The van der Waals surface area contributed by atoms with Crippen molar-refractivity contribution in [1.29, 1.82) is 0 Å². The Kier molecular flexibility index (Phi) is 3.53. The van der Waals surface area contributed by atoms with Crippen LogP contribution in [0.5, 0.6) is 0 Å². The van der Waals surface area contributed by atoms with Crippen LogP contribution < -0.4 is 5.32 Å². The molecular formula is C10H14N2O4. The van der Waals surface area contributed by atoms with E-state index in [4.69, 9.17) is 14.4 Å². The van der Waals surface area contributed by atoms with Crippen LogP contribution in [0.4, 0.5) is 0 Å². The number of aliphatic hydroxyl groups is 1. The number of aromatic nitrogens is 1. The Hall–Kier alpha value is -1.40. The highest BCUT2D eigenvalue weighted by Crippen LogP contribution is 2.11. The molecule has 2 heterocycles. The molecule has 6 nitrogen and oxygen atoms in total. The molecule has 2 rings (SSSR count). The Labute approximate surface area is 92.6 Å². The highest BCUT2D eigenvalue weighted by Gasteiger charge is 2.18. The number of amides is 1. The zero-order chi connectivity index (χ0) is 11.4. The fourth-order valence-corrected chi connectivity index (χ4v) is 1.57. The van der Waals surface area contributed by atoms with Crippen LogP contribution in [0.1, 0.15) is 22.7 Å². The molecule has 1 aromatic heterocycles. The second-order valence-corrected chi connectivity index (χ2v) is 3.78. The molecule has 0 aromatic carbocycles. The minimum absolute atomic E-state index is 0.197. The lowest BCUT2D eigenvalue weighted by Crippen LogP contribution is -2.29. The van der Waals surface area contributed by atoms with Gasteiger partial charge in [0.15, 0.2) is 11.5 Å². The van der Waals surface area contributed by atoms with E-state index in [1.54, 1.807) is 0 Å². The Morgan fingerprint density at radius 1 is 1.69 bits per heavy atom. The first-order chi connectivity index (χ1) is 7.79. The van der Waals surface area contributed by atoms with Gasteiger partial charge in [-0.3, -0.25) is 4.79 Å². The van der Waals surface area contributed by atoms with Crippen LogP contribution in [0, 0.1) is 5.92 Å². The van der Waals surface area contributed by atoms with Gasteiger partial charge >= 0.3 is 0 Å². The standard InChI is InChI=1S/C10H14N2O4/c13-5-8-3-9(12-16-8)10(14)11-4-7-1-2-15-6-7/h3,7,13H,1-2,4-6H2,(H,11,14). The van der Waals surface area contributed by atoms with E-state index in [0.29, 0.717) is 19.1 Å². The lowest BCUT2D eigenvalue weighted by Gasteiger charge is -2.07. The lowest BCUT2D eigenvalue weighted by atomic mass is 10.1. The molecule has 6 heteroatoms. The summed E-state index contributed by atoms with van der Waals surface area (Å²) >= 11 is 0. The number of carbonyl (C=O) groups excluding carboxylic acids is 1. The Morgan fingerprint density at radius 2 is 2.56 bits per heavy atom. The number of rotatable bonds is 4. The van der Waals surface area contributed by atoms with Crippen LogP contribution in [-0.2, 0) is 11.3 Å². The van der Waals surface area contributed by atoms with Crippen LogP contribution in [0.15, 0.2) is 10.6 Å². The number of carbonyl (C=O) groups is 1. The average molecular weight is 226 g/mol. The van der Waals surface area contributed by atoms with E-state index in [1.165, 1.54) is 6.07 Å². The molecule has 0 bridgehead atoms. The second kappa shape index (κ2) is 5.09. The van der Waals surface area contributed by atoms with Crippen molar-refractivity contribution in [2.75, 3.05) is 19.8 Å². The molecule has 0 radical (unpaired) electrons. The van der Waals surface area contributed by atoms with Gasteiger partial charge in [0.2, 0.25) is 0 Å². The zero-order valence-corrected chi connectivity index (χ0v) is 8.81. The van der Waals surface area contributed by atoms with E-state index in [-0.39, 0.29) is 24.0 Å². The van der Waals surface area contributed by atoms with Gasteiger partial charge in [0.05, 0.1) is 6.61 Å². The van der Waals surface area contributed by atoms with Crippen LogP contribution in [-0.4, -0.2) is 35.9 Å². The summed E-state index contributed by atoms with van der Waals surface area (Å²) in [5.74, 6) is 0.387. The predicted molar refractivity (Wildman–Crippen MR) is 53.7 cm³/mol. The molecule has 1 amide bonds. The summed E-state index contributed by atoms with van der Waals surface area (Å²) in [6.07, 6.45) is 0.973. The number of nitrogens with one attached hydrogen (secondary N) is 1. The predicted octanol–water partition coefficient (Wildman–Crippen LogP) is -0.0668. The van der Waals surface area contributed by atoms with Crippen molar-refractivity contribution in [1.82, 2.24) is 10.5 Å². The first-order valence-electron chi connectivity index (χ1n) is 5.22. The van der Waals surface area contributed by atoms with Gasteiger partial charge in [-0.2, -0.15) is 0 Å². The molecule has 0 saturated carbocycles. The fourth-order valence-electron chi connectivity index (χ4n) is 1.57. The summed E-state index contributed by atoms with van der Waals surface area (Å²) in [4.78, 5) is 11.6. The topological polar surface area (TPSA) is 84.6 Å². The van der Waals surface area contributed by atoms with Crippen LogP contribution in [0.25, 0.3) is 0 Å². The van der Waals surface area contributed by atoms with Crippen LogP contribution in [0.3, 0.4) is 0 Å². The minimum Gasteiger partial charge on any atom is -0.388 e. The highest BCUT2D eigenvalue weighted by molar-refractivity contribution is 5.92. The van der Waals surface area contributed by atoms with E-state index in [9.17, 15) is 4.79 Å². The smallest absolute Gasteiger partial charge is 0.273 e. The average Bonchev–Trinajstić information content (AvgIpc) is 2.96. The number of nitrogens with zero attached hydrogens (tertiary/aromatic N) is 1. The third kappa shape index (κ3) is 2.59. The molecule has 1 aliphatic heterocycles. The number of hydrogen-bond donors (Lipinski definition) is 2. The zero-order valence-electron chi connectivity index (χ0n) is 8.81. The molecule has 2 N–H and O–H groups in total. The molecule has 88 valence electrons. The maximum Gasteiger partial charge on any atom is 0.273 e. The highest BCUT2D eigenvalue weighted by atomic mass is 16.5. The quantitative estimate of drug-likeness (QED) is 0.751. The molecule has 0 aliphatic carbocycles. The molecule has 1 fully saturated rings. The van der Waals surface area contributed by atoms with Crippen molar-refractivity contribution in [3.8, 4) is 0 Å². The van der Waals surface area contributed by atoms with Gasteiger partial charge in [0.25, 0.3) is 5.91 Å². The van der Waals surface area contributed by atoms with Gasteiger partial charge in [-0.15, -0.1) is 0 Å². The first-order valence-corrected chi connectivity index (χ1v) is 5.22. The third-order valence-electron chi connectivity index (χ3n) is 2.52. The van der Waals surface area contributed by atoms with Crippen LogP contribution in [0.2, 0.25) is 0 Å². The van der Waals surface area contributed by atoms with Gasteiger partial charge in [0, 0.05) is 25.1 Å². The maximum absolute atomic E-state index is 11.6. The van der Waals surface area contributed by atoms with Gasteiger partial charge in [-0.05, 0) is 6.42 Å². The lowest BCUT2D eigenvalue weighted by molar-refractivity contribution is 0.0935. The normalized spacial score (nSPS) is 19.9. The molecule has 16 heavy (non-hydrogen) atoms. The van der Waals surface area contributed by atoms with Gasteiger partial charge in [-0.25, -0.2) is 0 Å². The first kappa shape index (κ1) is 11.1. The van der Waals surface area contributed by atoms with E-state index in [1.807, 2.05) is 0 Å². The summed E-state index contributed by atoms with van der Waals surface area (Å²) in [6, 6.07) is 1.43. The Balaban J connectivity index is 1.82. The fraction of sp³-hybridized carbons (Fsp3) is 0.600. The van der Waals surface area contributed by atoms with E-state index in [2.05, 4.69) is 10.5 Å². The van der Waals surface area contributed by atoms with Crippen molar-refractivity contribution in [2.45, 2.75) is 13.0 Å². The van der Waals surface area contributed by atoms with Crippen molar-refractivity contribution in [3.63, 3.8) is 0 Å². The Bertz CT molecular complexity index is 357. The monoisotopic (exact) mass is 226 g/mol. The molecule has 1 atom stereocenters. The molecular weight excluding hydrogens is 212 g/mol. The van der Waals surface area contributed by atoms with Crippen molar-refractivity contribution in [2.24, 2.45) is 5.92 Å². The minimum atomic E-state index is -0.282. The largest absolute Gasteiger partial charge is 0.388 e. The number of ether oxygens (including phenoxy) is 1. The van der Waals surface area contributed by atoms with Crippen molar-refractivity contribution >= 4 is 5.91 Å². The third-order valence-corrected chi connectivity index (χ3v) is 2.52. The van der Waals surface area contributed by atoms with Crippen molar-refractivity contribution < 1.29 is 19.2 Å². The number of hydrogen-bond acceptors (Lipinski definition) is 5. The molecule has 1 aromatic rings. The summed E-state index contributed by atoms with van der Waals surface area (Å²) in [7, 11) is 0. The SMILES string of the molecule is O=C(NCC1CCOC1)c1cc(CO)on1. The van der Waals surface area contributed by atoms with Crippen LogP contribution >= 0.6 is 0 Å². The summed E-state index contributed by atoms with van der Waals surface area (Å²) in [6.45, 7) is 1.79. The van der Waals surface area contributed by atoms with E-state index in [0.717, 1.165) is 13.0 Å². The summed E-state index contributed by atoms with van der Waals surface area (Å²) < 4.78 is 9.92. The van der Waals surface area contributed by atoms with Gasteiger partial charge in [-0.1, -0.05) is 5.16 Å². The van der Waals surface area contributed by atoms with E-state index >= 15 is 0 Å². The van der Waals surface area contributed by atoms with Gasteiger partial charge in [0.1, 0.15) is 6.61 Å². The summed E-state index contributed by atoms with van der Waals surface area (Å²) in [5, 5.41) is 15.1. The number of aliphatic hydroxyl groups excluding tert-OH is 1.